The molecule has 0 fully saturated rings. The summed E-state index contributed by atoms with van der Waals surface area (Å²) < 4.78 is 15.3. The van der Waals surface area contributed by atoms with Gasteiger partial charge in [0.1, 0.15) is 11.5 Å². The number of benzene rings is 1. The third-order valence-electron chi connectivity index (χ3n) is 4.97. The van der Waals surface area contributed by atoms with Crippen molar-refractivity contribution in [3.05, 3.63) is 69.5 Å². The lowest BCUT2D eigenvalue weighted by atomic mass is 10.1. The highest BCUT2D eigenvalue weighted by atomic mass is 35.5. The van der Waals surface area contributed by atoms with Crippen molar-refractivity contribution in [3.63, 3.8) is 0 Å². The van der Waals surface area contributed by atoms with Crippen LogP contribution in [-0.2, 0) is 0 Å². The summed E-state index contributed by atoms with van der Waals surface area (Å²) >= 11 is 12.1. The number of aromatic nitrogens is 3. The zero-order chi connectivity index (χ0) is 21.6. The number of nitrogens with one attached hydrogen (secondary N) is 1. The second kappa shape index (κ2) is 9.89. The minimum absolute atomic E-state index is 0. The molecule has 2 amide bonds. The smallest absolute Gasteiger partial charge is 0.277 e. The molecule has 0 spiro atoms. The van der Waals surface area contributed by atoms with Crippen LogP contribution in [0.15, 0.2) is 36.8 Å². The molecule has 4 rings (SSSR count). The third kappa shape index (κ3) is 4.46. The van der Waals surface area contributed by atoms with Gasteiger partial charge >= 0.3 is 0 Å². The maximum atomic E-state index is 13.7. The van der Waals surface area contributed by atoms with Crippen LogP contribution < -0.4 is 10.2 Å². The van der Waals surface area contributed by atoms with Crippen molar-refractivity contribution in [2.75, 3.05) is 16.8 Å². The van der Waals surface area contributed by atoms with Gasteiger partial charge in [-0.05, 0) is 32.0 Å². The van der Waals surface area contributed by atoms with E-state index in [2.05, 4.69) is 15.4 Å². The van der Waals surface area contributed by atoms with Crippen LogP contribution in [0, 0.1) is 12.7 Å². The summed E-state index contributed by atoms with van der Waals surface area (Å²) in [7, 11) is 0. The summed E-state index contributed by atoms with van der Waals surface area (Å²) in [6.45, 7) is 3.76. The number of halogens is 3. The molecule has 170 valence electrons. The molecule has 1 aliphatic heterocycles. The first kappa shape index (κ1) is 25.6. The van der Waals surface area contributed by atoms with Crippen molar-refractivity contribution in [3.8, 4) is 0 Å². The first-order valence-corrected chi connectivity index (χ1v) is 9.79. The van der Waals surface area contributed by atoms with E-state index in [-0.39, 0.29) is 49.5 Å². The summed E-state index contributed by atoms with van der Waals surface area (Å²) in [6, 6.07) is 4.71. The van der Waals surface area contributed by atoms with Crippen molar-refractivity contribution >= 4 is 59.9 Å². The zero-order valence-electron chi connectivity index (χ0n) is 16.5. The number of hydrogen-bond acceptors (Lipinski definition) is 4. The van der Waals surface area contributed by atoms with E-state index in [1.807, 2.05) is 6.92 Å². The minimum Gasteiger partial charge on any atom is -0.320 e. The molecule has 3 heterocycles. The Labute approximate surface area is 202 Å². The maximum Gasteiger partial charge on any atom is 0.277 e. The molecule has 3 aromatic rings. The molecule has 0 saturated carbocycles. The monoisotopic (exact) mass is 497 g/mol. The van der Waals surface area contributed by atoms with Crippen LogP contribution in [0.1, 0.15) is 46.8 Å². The van der Waals surface area contributed by atoms with Crippen molar-refractivity contribution in [2.45, 2.75) is 27.3 Å². The van der Waals surface area contributed by atoms with Crippen molar-refractivity contribution < 1.29 is 14.0 Å². The third-order valence-corrected chi connectivity index (χ3v) is 5.71. The predicted molar refractivity (Wildman–Crippen MR) is 129 cm³/mol. The Hall–Kier alpha value is -2.62. The molecule has 0 unspecified atom stereocenters. The Kier molecular flexibility index (Phi) is 7.92. The molecule has 2 aromatic heterocycles. The lowest BCUT2D eigenvalue weighted by molar-refractivity contribution is 0.0939. The number of carbonyl (C=O) groups is 2. The van der Waals surface area contributed by atoms with Gasteiger partial charge < -0.3 is 10.2 Å². The number of rotatable bonds is 3. The minimum atomic E-state index is -0.580. The molecule has 0 saturated heterocycles. The fourth-order valence-corrected chi connectivity index (χ4v) is 3.61. The highest BCUT2D eigenvalue weighted by molar-refractivity contribution is 7.59. The van der Waals surface area contributed by atoms with Gasteiger partial charge in [0.2, 0.25) is 0 Å². The van der Waals surface area contributed by atoms with E-state index >= 15 is 0 Å². The van der Waals surface area contributed by atoms with Gasteiger partial charge in [0, 0.05) is 17.8 Å². The van der Waals surface area contributed by atoms with E-state index in [1.165, 1.54) is 28.9 Å². The summed E-state index contributed by atoms with van der Waals surface area (Å²) in [6.07, 6.45) is 3.74. The highest BCUT2D eigenvalue weighted by Gasteiger charge is 2.35. The molecule has 0 bridgehead atoms. The molecule has 1 N–H and O–H groups in total. The molecule has 1 aliphatic rings. The second-order valence-electron chi connectivity index (χ2n) is 6.96. The lowest BCUT2D eigenvalue weighted by Crippen LogP contribution is -2.43. The van der Waals surface area contributed by atoms with Gasteiger partial charge in [-0.1, -0.05) is 30.6 Å². The van der Waals surface area contributed by atoms with Gasteiger partial charge in [-0.15, -0.1) is 0 Å². The van der Waals surface area contributed by atoms with Crippen LogP contribution in [0.3, 0.4) is 0 Å². The van der Waals surface area contributed by atoms with E-state index in [9.17, 15) is 14.0 Å². The Bertz CT molecular complexity index is 1190. The van der Waals surface area contributed by atoms with Gasteiger partial charge in [-0.3, -0.25) is 19.3 Å². The van der Waals surface area contributed by atoms with Crippen molar-refractivity contribution in [1.82, 2.24) is 14.8 Å². The van der Waals surface area contributed by atoms with E-state index < -0.39 is 17.6 Å². The molecule has 0 aliphatic carbocycles. The molecule has 1 atom stereocenters. The van der Waals surface area contributed by atoms with Crippen LogP contribution in [-0.4, -0.2) is 33.1 Å². The number of anilines is 2. The standard InChI is InChI=1S/C20H16Cl2FN5O2.CH4.H2S/c1-10-9-27(12-3-4-14(21)15(22)5-12)20(30)18-13(6-25-28(10)18)19(29)26-17-8-24-7-16(23)11(17)2;;/h3-8,10H,9H2,1-2H3,(H,26,29);1H4;1H2/t10-;;/m0../s1. The first-order chi connectivity index (χ1) is 14.3. The predicted octanol–water partition coefficient (Wildman–Crippen LogP) is 5.26. The Morgan fingerprint density at radius 2 is 1.94 bits per heavy atom. The van der Waals surface area contributed by atoms with Gasteiger partial charge in [-0.2, -0.15) is 18.6 Å². The quantitative estimate of drug-likeness (QED) is 0.535. The van der Waals surface area contributed by atoms with Gasteiger partial charge in [0.15, 0.2) is 0 Å². The first-order valence-electron chi connectivity index (χ1n) is 9.03. The average Bonchev–Trinajstić information content (AvgIpc) is 3.17. The van der Waals surface area contributed by atoms with E-state index in [0.29, 0.717) is 22.3 Å². The number of carbonyl (C=O) groups excluding carboxylic acids is 2. The fraction of sp³-hybridized carbons (Fsp3) is 0.238. The Balaban J connectivity index is 0.00000181. The normalized spacial score (nSPS) is 14.8. The number of hydrogen-bond donors (Lipinski definition) is 1. The number of nitrogens with zero attached hydrogens (tertiary/aromatic N) is 4. The zero-order valence-corrected chi connectivity index (χ0v) is 19.0. The maximum absolute atomic E-state index is 13.7. The van der Waals surface area contributed by atoms with Crippen LogP contribution >= 0.6 is 36.7 Å². The summed E-state index contributed by atoms with van der Waals surface area (Å²) in [4.78, 5) is 31.4. The Morgan fingerprint density at radius 1 is 1.22 bits per heavy atom. The molecule has 1 aromatic carbocycles. The number of fused-ring (bicyclic) bond motifs is 1. The summed E-state index contributed by atoms with van der Waals surface area (Å²) in [5, 5.41) is 7.53. The average molecular weight is 498 g/mol. The number of amides is 2. The van der Waals surface area contributed by atoms with Crippen molar-refractivity contribution in [1.29, 1.82) is 0 Å². The number of pyridine rings is 1. The second-order valence-corrected chi connectivity index (χ2v) is 7.78. The highest BCUT2D eigenvalue weighted by Crippen LogP contribution is 2.32. The molecular weight excluding hydrogens is 476 g/mol. The van der Waals surface area contributed by atoms with Gasteiger partial charge in [0.25, 0.3) is 11.8 Å². The summed E-state index contributed by atoms with van der Waals surface area (Å²) in [5.41, 5.74) is 1.25. The van der Waals surface area contributed by atoms with E-state index in [1.54, 1.807) is 18.2 Å². The molecule has 32 heavy (non-hydrogen) atoms. The van der Waals surface area contributed by atoms with Gasteiger partial charge in [0.05, 0.1) is 45.9 Å². The van der Waals surface area contributed by atoms with Crippen LogP contribution in [0.25, 0.3) is 0 Å². The van der Waals surface area contributed by atoms with E-state index in [4.69, 9.17) is 23.2 Å². The molecule has 11 heteroatoms. The van der Waals surface area contributed by atoms with Crippen LogP contribution in [0.2, 0.25) is 10.0 Å². The van der Waals surface area contributed by atoms with Gasteiger partial charge in [-0.25, -0.2) is 4.39 Å². The largest absolute Gasteiger partial charge is 0.320 e. The topological polar surface area (TPSA) is 80.1 Å². The summed E-state index contributed by atoms with van der Waals surface area (Å²) in [5.74, 6) is -1.52. The molecule has 0 radical (unpaired) electrons. The lowest BCUT2D eigenvalue weighted by Gasteiger charge is -2.32. The molecule has 7 nitrogen and oxygen atoms in total. The van der Waals surface area contributed by atoms with Crippen LogP contribution in [0.5, 0.6) is 0 Å². The fourth-order valence-electron chi connectivity index (χ4n) is 3.32. The molecular formula is C21H22Cl2FN5O2S. The van der Waals surface area contributed by atoms with Crippen LogP contribution in [0.4, 0.5) is 15.8 Å². The van der Waals surface area contributed by atoms with E-state index in [0.717, 1.165) is 6.20 Å². The SMILES string of the molecule is C.Cc1c(F)cncc1NC(=O)c1cnn2c1C(=O)N(c1ccc(Cl)c(Cl)c1)C[C@@H]2C.S. The Morgan fingerprint density at radius 3 is 2.62 bits per heavy atom. The van der Waals surface area contributed by atoms with Crippen molar-refractivity contribution in [2.24, 2.45) is 0 Å².